The van der Waals surface area contributed by atoms with Crippen molar-refractivity contribution in [2.24, 2.45) is 0 Å². The Labute approximate surface area is 178 Å². The van der Waals surface area contributed by atoms with E-state index in [1.54, 1.807) is 36.7 Å². The fourth-order valence-electron chi connectivity index (χ4n) is 2.45. The minimum atomic E-state index is -3.53. The molecule has 0 saturated carbocycles. The molecule has 0 fully saturated rings. The molecule has 0 aliphatic heterocycles. The van der Waals surface area contributed by atoms with E-state index >= 15 is 0 Å². The highest BCUT2D eigenvalue weighted by atomic mass is 35.5. The van der Waals surface area contributed by atoms with Crippen molar-refractivity contribution in [3.05, 3.63) is 47.9 Å². The Bertz CT molecular complexity index is 1160. The van der Waals surface area contributed by atoms with Crippen LogP contribution in [0.4, 0.5) is 28.8 Å². The van der Waals surface area contributed by atoms with Crippen LogP contribution in [-0.4, -0.2) is 43.8 Å². The van der Waals surface area contributed by atoms with Crippen molar-refractivity contribution >= 4 is 50.5 Å². The number of methoxy groups -OCH3 is 2. The topological polar surface area (TPSA) is 127 Å². The van der Waals surface area contributed by atoms with E-state index in [4.69, 9.17) is 21.1 Å². The predicted molar refractivity (Wildman–Crippen MR) is 116 cm³/mol. The summed E-state index contributed by atoms with van der Waals surface area (Å²) in [4.78, 5) is 12.5. The molecule has 0 aliphatic carbocycles. The molecule has 0 saturated heterocycles. The highest BCUT2D eigenvalue weighted by Gasteiger charge is 2.13. The average molecular weight is 451 g/mol. The van der Waals surface area contributed by atoms with Crippen molar-refractivity contribution in [3.63, 3.8) is 0 Å². The Morgan fingerprint density at radius 1 is 1.00 bits per heavy atom. The van der Waals surface area contributed by atoms with Crippen LogP contribution >= 0.6 is 11.6 Å². The van der Waals surface area contributed by atoms with E-state index < -0.39 is 10.0 Å². The molecule has 0 bridgehead atoms. The molecule has 12 heteroatoms. The van der Waals surface area contributed by atoms with Crippen molar-refractivity contribution in [1.29, 1.82) is 0 Å². The van der Waals surface area contributed by atoms with Crippen LogP contribution in [0.15, 0.2) is 42.9 Å². The van der Waals surface area contributed by atoms with Crippen molar-refractivity contribution in [1.82, 2.24) is 15.0 Å². The molecule has 158 valence electrons. The molecule has 0 amide bonds. The Kier molecular flexibility index (Phi) is 6.43. The van der Waals surface area contributed by atoms with Gasteiger partial charge in [0.15, 0.2) is 11.6 Å². The molecule has 2 aromatic heterocycles. The van der Waals surface area contributed by atoms with Crippen molar-refractivity contribution < 1.29 is 17.9 Å². The number of nitrogens with one attached hydrogen (secondary N) is 3. The first kappa shape index (κ1) is 21.4. The van der Waals surface area contributed by atoms with Crippen LogP contribution in [0.1, 0.15) is 0 Å². The lowest BCUT2D eigenvalue weighted by molar-refractivity contribution is 0.415. The van der Waals surface area contributed by atoms with Crippen LogP contribution in [0.5, 0.6) is 11.5 Å². The van der Waals surface area contributed by atoms with Crippen molar-refractivity contribution in [3.8, 4) is 11.5 Å². The van der Waals surface area contributed by atoms with Crippen LogP contribution < -0.4 is 24.8 Å². The maximum Gasteiger partial charge on any atom is 0.229 e. The second-order valence-corrected chi connectivity index (χ2v) is 8.16. The number of aromatic nitrogens is 3. The molecule has 0 atom stereocenters. The molecular weight excluding hydrogens is 432 g/mol. The number of hydrogen-bond acceptors (Lipinski definition) is 9. The fraction of sp³-hybridized carbons (Fsp3) is 0.167. The lowest BCUT2D eigenvalue weighted by Crippen LogP contribution is -2.11. The molecule has 10 nitrogen and oxygen atoms in total. The zero-order valence-corrected chi connectivity index (χ0v) is 17.9. The molecule has 1 aromatic carbocycles. The number of benzene rings is 1. The van der Waals surface area contributed by atoms with Gasteiger partial charge in [0.05, 0.1) is 49.9 Å². The Morgan fingerprint density at radius 3 is 2.50 bits per heavy atom. The molecule has 0 unspecified atom stereocenters. The van der Waals surface area contributed by atoms with Crippen LogP contribution in [0, 0.1) is 0 Å². The number of hydrogen-bond donors (Lipinski definition) is 3. The summed E-state index contributed by atoms with van der Waals surface area (Å²) < 4.78 is 36.3. The Balaban J connectivity index is 1.93. The molecule has 0 spiro atoms. The van der Waals surface area contributed by atoms with Crippen LogP contribution in [-0.2, 0) is 10.0 Å². The Hall–Kier alpha value is -3.31. The van der Waals surface area contributed by atoms with E-state index in [0.29, 0.717) is 22.9 Å². The first-order valence-electron chi connectivity index (χ1n) is 8.49. The van der Waals surface area contributed by atoms with Gasteiger partial charge in [-0.15, -0.1) is 0 Å². The maximum absolute atomic E-state index is 11.7. The van der Waals surface area contributed by atoms with Gasteiger partial charge in [-0.3, -0.25) is 9.71 Å². The number of rotatable bonds is 8. The highest BCUT2D eigenvalue weighted by Crippen LogP contribution is 2.33. The third kappa shape index (κ3) is 5.39. The third-order valence-corrected chi connectivity index (χ3v) is 4.64. The maximum atomic E-state index is 11.7. The number of sulfonamides is 1. The van der Waals surface area contributed by atoms with E-state index in [1.165, 1.54) is 20.4 Å². The number of pyridine rings is 1. The van der Waals surface area contributed by atoms with Gasteiger partial charge >= 0.3 is 0 Å². The van der Waals surface area contributed by atoms with Gasteiger partial charge in [0.2, 0.25) is 16.0 Å². The molecule has 3 N–H and O–H groups in total. The summed E-state index contributed by atoms with van der Waals surface area (Å²) in [5.74, 6) is 1.51. The molecule has 0 radical (unpaired) electrons. The predicted octanol–water partition coefficient (Wildman–Crippen LogP) is 3.40. The summed E-state index contributed by atoms with van der Waals surface area (Å²) in [5, 5.41) is 6.29. The van der Waals surface area contributed by atoms with Gasteiger partial charge < -0.3 is 20.1 Å². The number of nitrogens with zero attached hydrogens (tertiary/aromatic N) is 3. The quantitative estimate of drug-likeness (QED) is 0.473. The van der Waals surface area contributed by atoms with Crippen LogP contribution in [0.25, 0.3) is 0 Å². The highest BCUT2D eigenvalue weighted by molar-refractivity contribution is 7.92. The third-order valence-electron chi connectivity index (χ3n) is 3.77. The first-order chi connectivity index (χ1) is 14.3. The van der Waals surface area contributed by atoms with Crippen LogP contribution in [0.2, 0.25) is 5.02 Å². The standard InChI is InChI=1S/C18H19ClN6O4S/c1-28-11-4-5-13(15(8-11)25-30(3,26)27)22-17-12(19)9-21-18(24-17)23-14-6-7-20-10-16(14)29-2/h4-10,25H,1-3H3,(H2,20,21,22,23,24). The molecule has 3 rings (SSSR count). The Morgan fingerprint density at radius 2 is 1.80 bits per heavy atom. The van der Waals surface area contributed by atoms with E-state index in [2.05, 4.69) is 30.3 Å². The molecule has 0 aliphatic rings. The van der Waals surface area contributed by atoms with E-state index in [9.17, 15) is 8.42 Å². The van der Waals surface area contributed by atoms with Gasteiger partial charge in [0.1, 0.15) is 10.8 Å². The van der Waals surface area contributed by atoms with Gasteiger partial charge in [0, 0.05) is 12.3 Å². The first-order valence-corrected chi connectivity index (χ1v) is 10.8. The molecule has 3 aromatic rings. The second kappa shape index (κ2) is 9.01. The van der Waals surface area contributed by atoms with Gasteiger partial charge in [0.25, 0.3) is 0 Å². The van der Waals surface area contributed by atoms with Crippen molar-refractivity contribution in [2.45, 2.75) is 0 Å². The smallest absolute Gasteiger partial charge is 0.229 e. The molecule has 2 heterocycles. The summed E-state index contributed by atoms with van der Waals surface area (Å²) in [6, 6.07) is 6.57. The normalized spacial score (nSPS) is 10.9. The average Bonchev–Trinajstić information content (AvgIpc) is 2.71. The second-order valence-electron chi connectivity index (χ2n) is 6.00. The minimum Gasteiger partial charge on any atom is -0.497 e. The zero-order chi connectivity index (χ0) is 21.7. The largest absolute Gasteiger partial charge is 0.497 e. The number of halogens is 1. The zero-order valence-electron chi connectivity index (χ0n) is 16.3. The van der Waals surface area contributed by atoms with E-state index in [1.807, 2.05) is 0 Å². The summed E-state index contributed by atoms with van der Waals surface area (Å²) in [7, 11) is -0.516. The van der Waals surface area contributed by atoms with Gasteiger partial charge in [-0.2, -0.15) is 4.98 Å². The minimum absolute atomic E-state index is 0.239. The summed E-state index contributed by atoms with van der Waals surface area (Å²) in [6.07, 6.45) is 5.62. The lowest BCUT2D eigenvalue weighted by Gasteiger charge is -2.15. The van der Waals surface area contributed by atoms with Gasteiger partial charge in [-0.05, 0) is 18.2 Å². The molecular formula is C18H19ClN6O4S. The van der Waals surface area contributed by atoms with Crippen LogP contribution in [0.3, 0.4) is 0 Å². The number of ether oxygens (including phenoxy) is 2. The van der Waals surface area contributed by atoms with Gasteiger partial charge in [-0.1, -0.05) is 11.6 Å². The number of anilines is 5. The van der Waals surface area contributed by atoms with E-state index in [0.717, 1.165) is 6.26 Å². The SMILES string of the molecule is COc1ccc(Nc2nc(Nc3ccncc3OC)ncc2Cl)c(NS(C)(=O)=O)c1. The van der Waals surface area contributed by atoms with Crippen molar-refractivity contribution in [2.75, 3.05) is 35.8 Å². The monoisotopic (exact) mass is 450 g/mol. The summed E-state index contributed by atoms with van der Waals surface area (Å²) in [5.41, 5.74) is 1.32. The fourth-order valence-corrected chi connectivity index (χ4v) is 3.16. The summed E-state index contributed by atoms with van der Waals surface area (Å²) in [6.45, 7) is 0. The molecule has 30 heavy (non-hydrogen) atoms. The van der Waals surface area contributed by atoms with E-state index in [-0.39, 0.29) is 22.5 Å². The van der Waals surface area contributed by atoms with Gasteiger partial charge in [-0.25, -0.2) is 13.4 Å². The lowest BCUT2D eigenvalue weighted by atomic mass is 10.2. The summed E-state index contributed by atoms with van der Waals surface area (Å²) >= 11 is 6.24.